The maximum Gasteiger partial charge on any atom is 0.319 e. The van der Waals surface area contributed by atoms with E-state index in [0.717, 1.165) is 40.4 Å². The van der Waals surface area contributed by atoms with Gasteiger partial charge in [-0.25, -0.2) is 9.78 Å². The van der Waals surface area contributed by atoms with Gasteiger partial charge in [0.05, 0.1) is 5.69 Å². The maximum atomic E-state index is 12.3. The van der Waals surface area contributed by atoms with Crippen LogP contribution >= 0.6 is 11.3 Å². The third-order valence-corrected chi connectivity index (χ3v) is 5.66. The minimum Gasteiger partial charge on any atom is -0.335 e. The van der Waals surface area contributed by atoms with Crippen LogP contribution < -0.4 is 10.6 Å². The molecular weight excluding hydrogens is 356 g/mol. The van der Waals surface area contributed by atoms with Crippen molar-refractivity contribution in [2.75, 3.05) is 5.32 Å². The van der Waals surface area contributed by atoms with Crippen molar-refractivity contribution in [1.82, 2.24) is 15.3 Å². The molecule has 5 nitrogen and oxygen atoms in total. The molecule has 0 bridgehead atoms. The van der Waals surface area contributed by atoms with Crippen LogP contribution in [0.5, 0.6) is 0 Å². The highest BCUT2D eigenvalue weighted by Crippen LogP contribution is 2.29. The molecule has 6 heteroatoms. The number of nitrogens with one attached hydrogen (secondary N) is 2. The van der Waals surface area contributed by atoms with E-state index >= 15 is 0 Å². The fraction of sp³-hybridized carbons (Fsp3) is 0.286. The van der Waals surface area contributed by atoms with E-state index < -0.39 is 0 Å². The van der Waals surface area contributed by atoms with Gasteiger partial charge in [-0.15, -0.1) is 11.3 Å². The van der Waals surface area contributed by atoms with Gasteiger partial charge in [0.15, 0.2) is 0 Å². The van der Waals surface area contributed by atoms with E-state index in [2.05, 4.69) is 15.6 Å². The molecule has 3 aromatic rings. The molecule has 2 heterocycles. The average molecular weight is 379 g/mol. The number of hydrogen-bond donors (Lipinski definition) is 2. The molecule has 0 unspecified atom stereocenters. The Morgan fingerprint density at radius 3 is 2.74 bits per heavy atom. The first-order valence-electron chi connectivity index (χ1n) is 9.32. The highest BCUT2D eigenvalue weighted by molar-refractivity contribution is 7.13. The second-order valence-corrected chi connectivity index (χ2v) is 7.65. The van der Waals surface area contributed by atoms with Crippen molar-refractivity contribution in [2.24, 2.45) is 0 Å². The lowest BCUT2D eigenvalue weighted by molar-refractivity contribution is 0.244. The molecule has 1 aliphatic rings. The van der Waals surface area contributed by atoms with E-state index in [4.69, 9.17) is 4.98 Å². The van der Waals surface area contributed by atoms with Gasteiger partial charge in [0.1, 0.15) is 5.01 Å². The Kier molecular flexibility index (Phi) is 5.44. The summed E-state index contributed by atoms with van der Waals surface area (Å²) < 4.78 is 0. The van der Waals surface area contributed by atoms with Gasteiger partial charge >= 0.3 is 6.03 Å². The Labute approximate surface area is 162 Å². The summed E-state index contributed by atoms with van der Waals surface area (Å²) in [5.41, 5.74) is 3.67. The summed E-state index contributed by atoms with van der Waals surface area (Å²) >= 11 is 1.59. The topological polar surface area (TPSA) is 66.9 Å². The van der Waals surface area contributed by atoms with E-state index in [1.165, 1.54) is 19.3 Å². The van der Waals surface area contributed by atoms with Crippen LogP contribution in [0.15, 0.2) is 54.2 Å². The summed E-state index contributed by atoms with van der Waals surface area (Å²) in [5.74, 6) is 0. The molecule has 0 aliphatic heterocycles. The number of amides is 2. The van der Waals surface area contributed by atoms with Gasteiger partial charge in [-0.1, -0.05) is 31.4 Å². The van der Waals surface area contributed by atoms with E-state index in [1.807, 2.05) is 48.0 Å². The van der Waals surface area contributed by atoms with E-state index in [9.17, 15) is 4.79 Å². The molecule has 1 fully saturated rings. The molecule has 138 valence electrons. The molecule has 2 N–H and O–H groups in total. The molecule has 27 heavy (non-hydrogen) atoms. The zero-order valence-electron chi connectivity index (χ0n) is 15.0. The van der Waals surface area contributed by atoms with Gasteiger partial charge in [-0.2, -0.15) is 0 Å². The molecular formula is C21H22N4OS. The van der Waals surface area contributed by atoms with Crippen LogP contribution in [-0.4, -0.2) is 22.0 Å². The second-order valence-electron chi connectivity index (χ2n) is 6.79. The van der Waals surface area contributed by atoms with Gasteiger partial charge in [0, 0.05) is 40.6 Å². The number of urea groups is 1. The van der Waals surface area contributed by atoms with Crippen molar-refractivity contribution in [1.29, 1.82) is 0 Å². The number of hydrogen-bond acceptors (Lipinski definition) is 4. The van der Waals surface area contributed by atoms with Crippen LogP contribution in [0.4, 0.5) is 10.5 Å². The number of nitrogens with zero attached hydrogens (tertiary/aromatic N) is 2. The van der Waals surface area contributed by atoms with Crippen molar-refractivity contribution in [2.45, 2.75) is 38.1 Å². The fourth-order valence-corrected chi connectivity index (χ4v) is 4.20. The summed E-state index contributed by atoms with van der Waals surface area (Å²) in [4.78, 5) is 21.1. The van der Waals surface area contributed by atoms with Gasteiger partial charge in [-0.05, 0) is 37.1 Å². The number of carbonyl (C=O) groups excluding carboxylic acids is 1. The fourth-order valence-electron chi connectivity index (χ4n) is 3.38. The molecule has 1 aliphatic carbocycles. The van der Waals surface area contributed by atoms with Crippen LogP contribution in [0, 0.1) is 0 Å². The highest BCUT2D eigenvalue weighted by atomic mass is 32.1. The van der Waals surface area contributed by atoms with Crippen LogP contribution in [-0.2, 0) is 0 Å². The van der Waals surface area contributed by atoms with Crippen molar-refractivity contribution in [3.63, 3.8) is 0 Å². The largest absolute Gasteiger partial charge is 0.335 e. The monoisotopic (exact) mass is 378 g/mol. The minimum atomic E-state index is -0.131. The highest BCUT2D eigenvalue weighted by Gasteiger charge is 2.15. The zero-order valence-corrected chi connectivity index (χ0v) is 15.8. The molecule has 1 aromatic carbocycles. The van der Waals surface area contributed by atoms with E-state index in [1.54, 1.807) is 17.5 Å². The Bertz CT molecular complexity index is 903. The number of anilines is 1. The lowest BCUT2D eigenvalue weighted by atomic mass is 9.96. The molecule has 0 saturated heterocycles. The van der Waals surface area contributed by atoms with Gasteiger partial charge in [0.25, 0.3) is 0 Å². The number of carbonyl (C=O) groups is 1. The number of benzene rings is 1. The van der Waals surface area contributed by atoms with E-state index in [0.29, 0.717) is 6.04 Å². The van der Waals surface area contributed by atoms with Gasteiger partial charge in [-0.3, -0.25) is 4.98 Å². The molecule has 2 aromatic heterocycles. The Hall–Kier alpha value is -2.73. The summed E-state index contributed by atoms with van der Waals surface area (Å²) in [6.45, 7) is 0. The molecule has 0 radical (unpaired) electrons. The predicted octanol–water partition coefficient (Wildman–Crippen LogP) is 5.33. The first-order valence-corrected chi connectivity index (χ1v) is 10.2. The summed E-state index contributed by atoms with van der Waals surface area (Å²) in [6, 6.07) is 11.9. The first-order chi connectivity index (χ1) is 13.3. The van der Waals surface area contributed by atoms with Crippen LogP contribution in [0.1, 0.15) is 32.1 Å². The number of rotatable bonds is 4. The molecule has 0 spiro atoms. The van der Waals surface area contributed by atoms with Crippen molar-refractivity contribution in [3.05, 3.63) is 54.2 Å². The molecule has 0 atom stereocenters. The number of thiazole rings is 1. The maximum absolute atomic E-state index is 12.3. The van der Waals surface area contributed by atoms with Crippen LogP contribution in [0.2, 0.25) is 0 Å². The smallest absolute Gasteiger partial charge is 0.319 e. The second kappa shape index (κ2) is 8.31. The quantitative estimate of drug-likeness (QED) is 0.645. The summed E-state index contributed by atoms with van der Waals surface area (Å²) in [7, 11) is 0. The third kappa shape index (κ3) is 4.52. The van der Waals surface area contributed by atoms with Gasteiger partial charge < -0.3 is 10.6 Å². The van der Waals surface area contributed by atoms with Crippen molar-refractivity contribution in [3.8, 4) is 21.8 Å². The lowest BCUT2D eigenvalue weighted by Gasteiger charge is -2.22. The molecule has 2 amide bonds. The van der Waals surface area contributed by atoms with Crippen molar-refractivity contribution >= 4 is 23.1 Å². The summed E-state index contributed by atoms with van der Waals surface area (Å²) in [5, 5.41) is 9.00. The Morgan fingerprint density at radius 1 is 1.07 bits per heavy atom. The molecule has 4 rings (SSSR count). The lowest BCUT2D eigenvalue weighted by Crippen LogP contribution is -2.39. The van der Waals surface area contributed by atoms with E-state index in [-0.39, 0.29) is 6.03 Å². The Balaban J connectivity index is 1.44. The normalized spacial score (nSPS) is 14.7. The predicted molar refractivity (Wildman–Crippen MR) is 110 cm³/mol. The molecule has 1 saturated carbocycles. The average Bonchev–Trinajstić information content (AvgIpc) is 3.20. The van der Waals surface area contributed by atoms with Crippen LogP contribution in [0.25, 0.3) is 21.8 Å². The standard InChI is InChI=1S/C21H22N4OS/c26-21(23-17-8-2-1-3-9-17)24-18-10-4-6-15(12-18)19-14-27-20(25-19)16-7-5-11-22-13-16/h4-7,10-14,17H,1-3,8-9H2,(H2,23,24,26). The number of aromatic nitrogens is 2. The number of pyridine rings is 1. The minimum absolute atomic E-state index is 0.131. The Morgan fingerprint density at radius 2 is 1.93 bits per heavy atom. The zero-order chi connectivity index (χ0) is 18.5. The SMILES string of the molecule is O=C(Nc1cccc(-c2csc(-c3cccnc3)n2)c1)NC1CCCCC1. The summed E-state index contributed by atoms with van der Waals surface area (Å²) in [6.07, 6.45) is 9.39. The van der Waals surface area contributed by atoms with Crippen molar-refractivity contribution < 1.29 is 4.79 Å². The van der Waals surface area contributed by atoms with Gasteiger partial charge in [0.2, 0.25) is 0 Å². The van der Waals surface area contributed by atoms with Crippen LogP contribution in [0.3, 0.4) is 0 Å². The third-order valence-electron chi connectivity index (χ3n) is 4.77. The first kappa shape index (κ1) is 17.7.